The van der Waals surface area contributed by atoms with E-state index in [-0.39, 0.29) is 17.0 Å². The summed E-state index contributed by atoms with van der Waals surface area (Å²) >= 11 is 0. The summed E-state index contributed by atoms with van der Waals surface area (Å²) in [5.74, 6) is -1.21. The molecule has 0 unspecified atom stereocenters. The van der Waals surface area contributed by atoms with Crippen LogP contribution in [-0.2, 0) is 20.0 Å². The average molecular weight is 410 g/mol. The molecule has 0 bridgehead atoms. The van der Waals surface area contributed by atoms with Gasteiger partial charge < -0.3 is 5.32 Å². The quantitative estimate of drug-likeness (QED) is 0.672. The third-order valence-electron chi connectivity index (χ3n) is 4.23. The Morgan fingerprint density at radius 3 is 2.39 bits per heavy atom. The van der Waals surface area contributed by atoms with Gasteiger partial charge in [-0.05, 0) is 30.7 Å². The van der Waals surface area contributed by atoms with Crippen LogP contribution in [0.1, 0.15) is 52.7 Å². The molecule has 2 rings (SSSR count). The molecule has 1 N–H and O–H groups in total. The molecule has 0 radical (unpaired) electrons. The van der Waals surface area contributed by atoms with Gasteiger partial charge in [-0.3, -0.25) is 4.79 Å². The topological polar surface area (TPSA) is 81.1 Å². The lowest BCUT2D eigenvalue weighted by Gasteiger charge is -2.14. The number of hydrogen-bond acceptors (Lipinski definition) is 4. The van der Waals surface area contributed by atoms with Crippen LogP contribution in [0.2, 0.25) is 0 Å². The molecule has 1 aromatic heterocycles. The fraction of sp³-hybridized carbons (Fsp3) is 0.500. The van der Waals surface area contributed by atoms with Crippen LogP contribution in [0, 0.1) is 5.82 Å². The van der Waals surface area contributed by atoms with Crippen molar-refractivity contribution in [2.45, 2.75) is 52.4 Å². The smallest absolute Gasteiger partial charge is 0.240 e. The van der Waals surface area contributed by atoms with Crippen LogP contribution in [0.25, 0.3) is 5.69 Å². The van der Waals surface area contributed by atoms with Crippen LogP contribution >= 0.6 is 0 Å². The lowest BCUT2D eigenvalue weighted by atomic mass is 9.92. The number of hydrogen-bond donors (Lipinski definition) is 1. The van der Waals surface area contributed by atoms with E-state index >= 15 is 0 Å². The molecule has 28 heavy (non-hydrogen) atoms. The maximum Gasteiger partial charge on any atom is 0.240 e. The molecule has 154 valence electrons. The number of benzene rings is 1. The number of rotatable bonds is 8. The zero-order chi connectivity index (χ0) is 20.9. The Kier molecular flexibility index (Phi) is 6.98. The summed E-state index contributed by atoms with van der Waals surface area (Å²) in [5.41, 5.74) is 1.01. The SMILES string of the molecule is CCCCCS(=O)(=O)CC(=O)Nc1cc(C(C)(C)C)nn1-c1ccc(F)cc1. The molecule has 0 spiro atoms. The molecule has 0 aliphatic heterocycles. The molecule has 6 nitrogen and oxygen atoms in total. The minimum atomic E-state index is -3.47. The Bertz CT molecular complexity index is 913. The van der Waals surface area contributed by atoms with Crippen molar-refractivity contribution in [2.24, 2.45) is 0 Å². The van der Waals surface area contributed by atoms with Gasteiger partial charge in [0.05, 0.1) is 17.1 Å². The molecule has 0 aliphatic rings. The standard InChI is InChI=1S/C20H28FN3O3S/c1-5-6-7-12-28(26,27)14-19(25)22-18-13-17(20(2,3)4)23-24(18)16-10-8-15(21)9-11-16/h8-11,13H,5-7,12,14H2,1-4H3,(H,22,25). The fourth-order valence-corrected chi connectivity index (χ4v) is 3.90. The first kappa shape index (κ1) is 22.1. The maximum absolute atomic E-state index is 13.3. The summed E-state index contributed by atoms with van der Waals surface area (Å²) in [5, 5.41) is 7.17. The van der Waals surface area contributed by atoms with Gasteiger partial charge in [0.1, 0.15) is 17.4 Å². The van der Waals surface area contributed by atoms with Crippen molar-refractivity contribution >= 4 is 21.6 Å². The van der Waals surface area contributed by atoms with Crippen molar-refractivity contribution in [1.82, 2.24) is 9.78 Å². The molecule has 2 aromatic rings. The highest BCUT2D eigenvalue weighted by molar-refractivity contribution is 7.92. The summed E-state index contributed by atoms with van der Waals surface area (Å²) in [4.78, 5) is 12.4. The van der Waals surface area contributed by atoms with E-state index in [1.54, 1.807) is 18.2 Å². The van der Waals surface area contributed by atoms with Crippen molar-refractivity contribution in [3.8, 4) is 5.69 Å². The van der Waals surface area contributed by atoms with E-state index in [0.717, 1.165) is 18.5 Å². The van der Waals surface area contributed by atoms with Gasteiger partial charge in [0.25, 0.3) is 0 Å². The Balaban J connectivity index is 2.25. The predicted molar refractivity (Wildman–Crippen MR) is 109 cm³/mol. The highest BCUT2D eigenvalue weighted by Gasteiger charge is 2.23. The van der Waals surface area contributed by atoms with Crippen LogP contribution in [0.3, 0.4) is 0 Å². The third kappa shape index (κ3) is 6.15. The third-order valence-corrected chi connectivity index (χ3v) is 5.84. The largest absolute Gasteiger partial charge is 0.310 e. The molecular weight excluding hydrogens is 381 g/mol. The summed E-state index contributed by atoms with van der Waals surface area (Å²) in [7, 11) is -3.47. The number of unbranched alkanes of at least 4 members (excludes halogenated alkanes) is 2. The van der Waals surface area contributed by atoms with Crippen LogP contribution < -0.4 is 5.32 Å². The second kappa shape index (κ2) is 8.86. The lowest BCUT2D eigenvalue weighted by molar-refractivity contribution is -0.113. The van der Waals surface area contributed by atoms with Crippen molar-refractivity contribution < 1.29 is 17.6 Å². The molecule has 0 saturated carbocycles. The number of amides is 1. The number of carbonyl (C=O) groups is 1. The molecule has 0 fully saturated rings. The van der Waals surface area contributed by atoms with E-state index in [1.165, 1.54) is 16.8 Å². The molecule has 0 saturated heterocycles. The molecule has 0 atom stereocenters. The highest BCUT2D eigenvalue weighted by atomic mass is 32.2. The average Bonchev–Trinajstić information content (AvgIpc) is 2.99. The second-order valence-electron chi connectivity index (χ2n) is 7.90. The monoisotopic (exact) mass is 409 g/mol. The van der Waals surface area contributed by atoms with Gasteiger partial charge in [0, 0.05) is 11.5 Å². The van der Waals surface area contributed by atoms with E-state index in [0.29, 0.717) is 17.9 Å². The van der Waals surface area contributed by atoms with Gasteiger partial charge in [0.2, 0.25) is 5.91 Å². The Morgan fingerprint density at radius 2 is 1.82 bits per heavy atom. The molecule has 1 amide bonds. The predicted octanol–water partition coefficient (Wildman–Crippen LogP) is 3.85. The van der Waals surface area contributed by atoms with E-state index in [1.807, 2.05) is 27.7 Å². The van der Waals surface area contributed by atoms with Crippen LogP contribution in [0.5, 0.6) is 0 Å². The van der Waals surface area contributed by atoms with Crippen LogP contribution in [-0.4, -0.2) is 35.6 Å². The van der Waals surface area contributed by atoms with Gasteiger partial charge in [-0.25, -0.2) is 17.5 Å². The van der Waals surface area contributed by atoms with E-state index in [9.17, 15) is 17.6 Å². The summed E-state index contributed by atoms with van der Waals surface area (Å²) in [6.45, 7) is 7.93. The zero-order valence-electron chi connectivity index (χ0n) is 16.8. The first-order chi connectivity index (χ1) is 13.0. The van der Waals surface area contributed by atoms with Gasteiger partial charge in [-0.2, -0.15) is 5.10 Å². The van der Waals surface area contributed by atoms with Gasteiger partial charge in [-0.1, -0.05) is 40.5 Å². The summed E-state index contributed by atoms with van der Waals surface area (Å²) < 4.78 is 39.0. The molecule has 1 heterocycles. The van der Waals surface area contributed by atoms with Crippen molar-refractivity contribution in [1.29, 1.82) is 0 Å². The van der Waals surface area contributed by atoms with Crippen LogP contribution in [0.4, 0.5) is 10.2 Å². The normalized spacial score (nSPS) is 12.2. The fourth-order valence-electron chi connectivity index (χ4n) is 2.64. The van der Waals surface area contributed by atoms with E-state index < -0.39 is 21.5 Å². The van der Waals surface area contributed by atoms with Crippen molar-refractivity contribution in [3.05, 3.63) is 41.8 Å². The van der Waals surface area contributed by atoms with E-state index in [4.69, 9.17) is 0 Å². The van der Waals surface area contributed by atoms with Crippen molar-refractivity contribution in [3.63, 3.8) is 0 Å². The van der Waals surface area contributed by atoms with Crippen LogP contribution in [0.15, 0.2) is 30.3 Å². The lowest BCUT2D eigenvalue weighted by Crippen LogP contribution is -2.25. The van der Waals surface area contributed by atoms with Gasteiger partial charge in [0.15, 0.2) is 9.84 Å². The number of halogens is 1. The van der Waals surface area contributed by atoms with E-state index in [2.05, 4.69) is 10.4 Å². The zero-order valence-corrected chi connectivity index (χ0v) is 17.6. The summed E-state index contributed by atoms with van der Waals surface area (Å²) in [6.07, 6.45) is 2.27. The number of nitrogens with zero attached hydrogens (tertiary/aromatic N) is 2. The molecule has 8 heteroatoms. The number of sulfone groups is 1. The molecule has 0 aliphatic carbocycles. The number of anilines is 1. The number of nitrogens with one attached hydrogen (secondary N) is 1. The molecule has 1 aromatic carbocycles. The van der Waals surface area contributed by atoms with Gasteiger partial charge in [-0.15, -0.1) is 0 Å². The Hall–Kier alpha value is -2.22. The maximum atomic E-state index is 13.3. The second-order valence-corrected chi connectivity index (χ2v) is 10.1. The van der Waals surface area contributed by atoms with Crippen molar-refractivity contribution in [2.75, 3.05) is 16.8 Å². The molecular formula is C20H28FN3O3S. The number of carbonyl (C=O) groups excluding carboxylic acids is 1. The Morgan fingerprint density at radius 1 is 1.18 bits per heavy atom. The Labute approximate surface area is 166 Å². The van der Waals surface area contributed by atoms with Gasteiger partial charge >= 0.3 is 0 Å². The number of aromatic nitrogens is 2. The highest BCUT2D eigenvalue weighted by Crippen LogP contribution is 2.26. The minimum absolute atomic E-state index is 0.00126. The first-order valence-corrected chi connectivity index (χ1v) is 11.2. The first-order valence-electron chi connectivity index (χ1n) is 9.38. The minimum Gasteiger partial charge on any atom is -0.310 e. The summed E-state index contributed by atoms with van der Waals surface area (Å²) in [6, 6.07) is 7.41.